The Hall–Kier alpha value is -1.51. The van der Waals surface area contributed by atoms with E-state index in [0.29, 0.717) is 6.04 Å². The van der Waals surface area contributed by atoms with Crippen molar-refractivity contribution in [1.29, 1.82) is 0 Å². The van der Waals surface area contributed by atoms with Crippen molar-refractivity contribution in [3.8, 4) is 0 Å². The molecule has 156 valence electrons. The molecule has 0 spiro atoms. The Morgan fingerprint density at radius 2 is 1.82 bits per heavy atom. The first-order valence-corrected chi connectivity index (χ1v) is 11.7. The quantitative estimate of drug-likeness (QED) is 0.705. The van der Waals surface area contributed by atoms with E-state index >= 15 is 0 Å². The van der Waals surface area contributed by atoms with Crippen molar-refractivity contribution in [2.45, 2.75) is 74.9 Å². The normalized spacial score (nSPS) is 23.3. The van der Waals surface area contributed by atoms with Gasteiger partial charge in [-0.1, -0.05) is 37.8 Å². The van der Waals surface area contributed by atoms with Gasteiger partial charge in [-0.3, -0.25) is 9.69 Å². The molecule has 1 saturated carbocycles. The lowest BCUT2D eigenvalue weighted by Crippen LogP contribution is -2.49. The molecular weight excluding hydrogens is 381 g/mol. The zero-order chi connectivity index (χ0) is 20.1. The molecule has 2 N–H and O–H groups in total. The standard InChI is InChI=1S/C20H30FN3O3S/c1-15(23-28(26,27)19-11-7-6-10-18(19)21)20(25)22-16-12-13-24(14-16)17-8-4-2-3-5-9-17/h6-7,10-11,15-17,23H,2-5,8-9,12-14H2,1H3,(H,22,25)/t15-,16?/m0/s1. The van der Waals surface area contributed by atoms with Crippen LogP contribution in [0.25, 0.3) is 0 Å². The summed E-state index contributed by atoms with van der Waals surface area (Å²) in [6, 6.07) is 4.78. The highest BCUT2D eigenvalue weighted by atomic mass is 32.2. The topological polar surface area (TPSA) is 78.5 Å². The monoisotopic (exact) mass is 411 g/mol. The summed E-state index contributed by atoms with van der Waals surface area (Å²) in [7, 11) is -4.10. The van der Waals surface area contributed by atoms with Crippen molar-refractivity contribution in [3.05, 3.63) is 30.1 Å². The van der Waals surface area contributed by atoms with E-state index in [-0.39, 0.29) is 11.9 Å². The number of sulfonamides is 1. The second-order valence-corrected chi connectivity index (χ2v) is 9.59. The lowest BCUT2D eigenvalue weighted by Gasteiger charge is -2.27. The molecular formula is C20H30FN3O3S. The number of hydrogen-bond donors (Lipinski definition) is 2. The highest BCUT2D eigenvalue weighted by Gasteiger charge is 2.31. The van der Waals surface area contributed by atoms with E-state index in [4.69, 9.17) is 0 Å². The smallest absolute Gasteiger partial charge is 0.244 e. The molecule has 2 atom stereocenters. The fourth-order valence-corrected chi connectivity index (χ4v) is 5.48. The SMILES string of the molecule is C[C@H](NS(=O)(=O)c1ccccc1F)C(=O)NC1CCN(C2CCCCCC2)C1. The van der Waals surface area contributed by atoms with Gasteiger partial charge in [-0.2, -0.15) is 4.72 Å². The molecule has 0 bridgehead atoms. The molecule has 1 aliphatic heterocycles. The molecule has 1 saturated heterocycles. The second kappa shape index (κ2) is 9.33. The third-order valence-corrected chi connectivity index (χ3v) is 7.33. The van der Waals surface area contributed by atoms with Crippen molar-refractivity contribution in [3.63, 3.8) is 0 Å². The number of likely N-dealkylation sites (tertiary alicyclic amines) is 1. The average molecular weight is 412 g/mol. The minimum Gasteiger partial charge on any atom is -0.351 e. The molecule has 1 aromatic rings. The van der Waals surface area contributed by atoms with Crippen molar-refractivity contribution in [2.24, 2.45) is 0 Å². The van der Waals surface area contributed by atoms with Gasteiger partial charge in [-0.25, -0.2) is 12.8 Å². The number of carbonyl (C=O) groups is 1. The number of nitrogens with zero attached hydrogens (tertiary/aromatic N) is 1. The Labute approximate surface area is 166 Å². The summed E-state index contributed by atoms with van der Waals surface area (Å²) in [5.41, 5.74) is 0. The van der Waals surface area contributed by atoms with Crippen LogP contribution in [0, 0.1) is 5.82 Å². The van der Waals surface area contributed by atoms with E-state index < -0.39 is 26.8 Å². The Kier molecular flexibility index (Phi) is 7.06. The van der Waals surface area contributed by atoms with Gasteiger partial charge in [0.1, 0.15) is 10.7 Å². The summed E-state index contributed by atoms with van der Waals surface area (Å²) in [6.07, 6.45) is 8.47. The number of rotatable bonds is 6. The molecule has 1 aliphatic carbocycles. The summed E-state index contributed by atoms with van der Waals surface area (Å²) in [4.78, 5) is 14.5. The van der Waals surface area contributed by atoms with Crippen LogP contribution in [-0.4, -0.2) is 50.4 Å². The number of amides is 1. The lowest BCUT2D eigenvalue weighted by molar-refractivity contribution is -0.123. The van der Waals surface area contributed by atoms with Gasteiger partial charge in [0.15, 0.2) is 0 Å². The van der Waals surface area contributed by atoms with E-state index in [1.807, 2.05) is 0 Å². The van der Waals surface area contributed by atoms with Gasteiger partial charge in [0.05, 0.1) is 6.04 Å². The molecule has 1 amide bonds. The largest absolute Gasteiger partial charge is 0.351 e. The third-order valence-electron chi connectivity index (χ3n) is 5.76. The van der Waals surface area contributed by atoms with Gasteiger partial charge in [-0.15, -0.1) is 0 Å². The molecule has 1 unspecified atom stereocenters. The molecule has 1 aromatic carbocycles. The number of nitrogens with one attached hydrogen (secondary N) is 2. The Balaban J connectivity index is 1.52. The van der Waals surface area contributed by atoms with Gasteiger partial charge in [-0.05, 0) is 38.3 Å². The first kappa shape index (κ1) is 21.2. The van der Waals surface area contributed by atoms with Crippen LogP contribution in [0.4, 0.5) is 4.39 Å². The van der Waals surface area contributed by atoms with Gasteiger partial charge in [0.25, 0.3) is 0 Å². The molecule has 0 aromatic heterocycles. The van der Waals surface area contributed by atoms with Crippen LogP contribution >= 0.6 is 0 Å². The fraction of sp³-hybridized carbons (Fsp3) is 0.650. The van der Waals surface area contributed by atoms with Crippen molar-refractivity contribution in [2.75, 3.05) is 13.1 Å². The summed E-state index contributed by atoms with van der Waals surface area (Å²) in [6.45, 7) is 3.25. The highest BCUT2D eigenvalue weighted by molar-refractivity contribution is 7.89. The van der Waals surface area contributed by atoms with E-state index in [2.05, 4.69) is 14.9 Å². The Bertz CT molecular complexity index is 779. The minimum absolute atomic E-state index is 0.0242. The van der Waals surface area contributed by atoms with Gasteiger partial charge in [0, 0.05) is 25.2 Å². The van der Waals surface area contributed by atoms with Crippen molar-refractivity contribution in [1.82, 2.24) is 14.9 Å². The fourth-order valence-electron chi connectivity index (χ4n) is 4.20. The van der Waals surface area contributed by atoms with Crippen LogP contribution in [0.3, 0.4) is 0 Å². The molecule has 28 heavy (non-hydrogen) atoms. The van der Waals surface area contributed by atoms with E-state index in [1.165, 1.54) is 63.6 Å². The predicted octanol–water partition coefficient (Wildman–Crippen LogP) is 2.41. The van der Waals surface area contributed by atoms with Crippen molar-refractivity contribution < 1.29 is 17.6 Å². The molecule has 8 heteroatoms. The first-order chi connectivity index (χ1) is 13.4. The van der Waals surface area contributed by atoms with E-state index in [0.717, 1.165) is 25.6 Å². The number of benzene rings is 1. The number of carbonyl (C=O) groups excluding carboxylic acids is 1. The van der Waals surface area contributed by atoms with Gasteiger partial charge in [0.2, 0.25) is 15.9 Å². The maximum absolute atomic E-state index is 13.8. The summed E-state index contributed by atoms with van der Waals surface area (Å²) in [5, 5.41) is 2.95. The van der Waals surface area contributed by atoms with Crippen LogP contribution in [0.2, 0.25) is 0 Å². The second-order valence-electron chi connectivity index (χ2n) is 7.91. The maximum Gasteiger partial charge on any atom is 0.244 e. The predicted molar refractivity (Wildman–Crippen MR) is 106 cm³/mol. The molecule has 0 radical (unpaired) electrons. The molecule has 1 heterocycles. The Morgan fingerprint density at radius 3 is 2.50 bits per heavy atom. The summed E-state index contributed by atoms with van der Waals surface area (Å²) >= 11 is 0. The minimum atomic E-state index is -4.10. The summed E-state index contributed by atoms with van der Waals surface area (Å²) < 4.78 is 40.8. The number of hydrogen-bond acceptors (Lipinski definition) is 4. The first-order valence-electron chi connectivity index (χ1n) is 10.2. The zero-order valence-electron chi connectivity index (χ0n) is 16.4. The highest BCUT2D eigenvalue weighted by Crippen LogP contribution is 2.25. The summed E-state index contributed by atoms with van der Waals surface area (Å²) in [5.74, 6) is -1.22. The lowest BCUT2D eigenvalue weighted by atomic mass is 10.1. The van der Waals surface area contributed by atoms with Crippen molar-refractivity contribution >= 4 is 15.9 Å². The Morgan fingerprint density at radius 1 is 1.14 bits per heavy atom. The van der Waals surface area contributed by atoms with Crippen LogP contribution in [0.15, 0.2) is 29.2 Å². The third kappa shape index (κ3) is 5.30. The van der Waals surface area contributed by atoms with Gasteiger partial charge >= 0.3 is 0 Å². The molecule has 3 rings (SSSR count). The molecule has 6 nitrogen and oxygen atoms in total. The van der Waals surface area contributed by atoms with Gasteiger partial charge < -0.3 is 5.32 Å². The van der Waals surface area contributed by atoms with Crippen LogP contribution in [0.1, 0.15) is 51.9 Å². The zero-order valence-corrected chi connectivity index (χ0v) is 17.2. The van der Waals surface area contributed by atoms with Crippen LogP contribution in [-0.2, 0) is 14.8 Å². The molecule has 2 fully saturated rings. The maximum atomic E-state index is 13.8. The van der Waals surface area contributed by atoms with Crippen LogP contribution < -0.4 is 10.0 Å². The van der Waals surface area contributed by atoms with E-state index in [9.17, 15) is 17.6 Å². The van der Waals surface area contributed by atoms with Crippen LogP contribution in [0.5, 0.6) is 0 Å². The van der Waals surface area contributed by atoms with E-state index in [1.54, 1.807) is 0 Å². The molecule has 2 aliphatic rings. The number of halogens is 1. The average Bonchev–Trinajstić information content (AvgIpc) is 2.94.